The van der Waals surface area contributed by atoms with Crippen LogP contribution in [0.2, 0.25) is 0 Å². The maximum absolute atomic E-state index is 13.5. The molecule has 0 aliphatic rings. The fraction of sp³-hybridized carbons (Fsp3) is 0.318. The molecule has 0 unspecified atom stereocenters. The van der Waals surface area contributed by atoms with Gasteiger partial charge in [-0.2, -0.15) is 0 Å². The minimum atomic E-state index is -3.29. The largest absolute Gasteiger partial charge is 0.361 e. The summed E-state index contributed by atoms with van der Waals surface area (Å²) < 4.78 is 38.2. The zero-order valence-electron chi connectivity index (χ0n) is 17.4. The van der Waals surface area contributed by atoms with Crippen molar-refractivity contribution in [2.24, 2.45) is 4.99 Å². The van der Waals surface area contributed by atoms with Crippen molar-refractivity contribution in [1.82, 2.24) is 15.6 Å². The lowest BCUT2D eigenvalue weighted by Crippen LogP contribution is -2.38. The van der Waals surface area contributed by atoms with E-state index in [2.05, 4.69) is 20.6 Å². The number of benzene rings is 2. The number of aliphatic imine (C=N–C) groups is 1. The maximum atomic E-state index is 13.5. The summed E-state index contributed by atoms with van der Waals surface area (Å²) in [5.41, 5.74) is 1.94. The van der Waals surface area contributed by atoms with Gasteiger partial charge in [-0.05, 0) is 55.7 Å². The van der Waals surface area contributed by atoms with Crippen LogP contribution in [0.15, 0.2) is 64.6 Å². The third-order valence-corrected chi connectivity index (χ3v) is 6.52. The van der Waals surface area contributed by atoms with Crippen molar-refractivity contribution in [3.8, 4) is 0 Å². The van der Waals surface area contributed by atoms with Crippen LogP contribution in [0.1, 0.15) is 18.9 Å². The highest BCUT2D eigenvalue weighted by Gasteiger charge is 2.13. The topological polar surface area (TPSA) is 86.3 Å². The normalized spacial score (nSPS) is 11.9. The van der Waals surface area contributed by atoms with E-state index >= 15 is 0 Å². The predicted octanol–water partition coefficient (Wildman–Crippen LogP) is 3.89. The van der Waals surface area contributed by atoms with Gasteiger partial charge >= 0.3 is 0 Å². The Bertz CT molecular complexity index is 1100. The van der Waals surface area contributed by atoms with Gasteiger partial charge in [0.1, 0.15) is 5.82 Å². The van der Waals surface area contributed by atoms with Crippen molar-refractivity contribution in [1.29, 1.82) is 0 Å². The summed E-state index contributed by atoms with van der Waals surface area (Å²) in [5.74, 6) is 0.443. The highest BCUT2D eigenvalue weighted by atomic mass is 127. The number of guanidine groups is 1. The number of aromatic nitrogens is 1. The van der Waals surface area contributed by atoms with E-state index in [0.29, 0.717) is 43.3 Å². The average molecular weight is 558 g/mol. The van der Waals surface area contributed by atoms with Gasteiger partial charge in [0, 0.05) is 36.7 Å². The summed E-state index contributed by atoms with van der Waals surface area (Å²) in [6.07, 6.45) is 3.04. The maximum Gasteiger partial charge on any atom is 0.191 e. The van der Waals surface area contributed by atoms with Gasteiger partial charge in [-0.1, -0.05) is 18.2 Å². The highest BCUT2D eigenvalue weighted by molar-refractivity contribution is 14.0. The lowest BCUT2D eigenvalue weighted by molar-refractivity contribution is 0.593. The third-order valence-electron chi connectivity index (χ3n) is 4.70. The van der Waals surface area contributed by atoms with Crippen LogP contribution >= 0.6 is 24.0 Å². The van der Waals surface area contributed by atoms with Gasteiger partial charge in [-0.3, -0.25) is 4.99 Å². The standard InChI is InChI=1S/C22H27FN4O2S.HI/c1-2-24-22(25-12-6-14-30(28,29)19-7-4-3-5-8-19)26-13-11-17-16-27-21-10-9-18(23)15-20(17)21;/h3-5,7-10,15-16,27H,2,6,11-14H2,1H3,(H2,24,25,26);1H. The zero-order valence-corrected chi connectivity index (χ0v) is 20.5. The number of rotatable bonds is 9. The Labute approximate surface area is 199 Å². The van der Waals surface area contributed by atoms with E-state index < -0.39 is 9.84 Å². The molecule has 0 amide bonds. The van der Waals surface area contributed by atoms with Crippen LogP contribution < -0.4 is 10.6 Å². The second-order valence-electron chi connectivity index (χ2n) is 6.93. The van der Waals surface area contributed by atoms with E-state index in [-0.39, 0.29) is 35.5 Å². The van der Waals surface area contributed by atoms with Crippen LogP contribution in [0, 0.1) is 5.82 Å². The molecule has 0 aliphatic carbocycles. The first-order chi connectivity index (χ1) is 14.5. The molecule has 0 spiro atoms. The summed E-state index contributed by atoms with van der Waals surface area (Å²) in [4.78, 5) is 7.96. The molecule has 0 atom stereocenters. The molecule has 1 heterocycles. The molecule has 2 aromatic carbocycles. The monoisotopic (exact) mass is 558 g/mol. The van der Waals surface area contributed by atoms with Crippen molar-refractivity contribution < 1.29 is 12.8 Å². The first kappa shape index (κ1) is 25.1. The summed E-state index contributed by atoms with van der Waals surface area (Å²) in [6.45, 7) is 3.70. The molecule has 1 aromatic heterocycles. The van der Waals surface area contributed by atoms with Crippen LogP contribution in [-0.4, -0.2) is 44.7 Å². The van der Waals surface area contributed by atoms with E-state index in [0.717, 1.165) is 16.5 Å². The molecular weight excluding hydrogens is 530 g/mol. The van der Waals surface area contributed by atoms with Gasteiger partial charge in [0.2, 0.25) is 0 Å². The van der Waals surface area contributed by atoms with E-state index in [1.54, 1.807) is 36.4 Å². The Morgan fingerprint density at radius 3 is 2.65 bits per heavy atom. The number of fused-ring (bicyclic) bond motifs is 1. The Kier molecular flexibility index (Phi) is 9.76. The first-order valence-electron chi connectivity index (χ1n) is 10.0. The molecule has 0 aliphatic heterocycles. The van der Waals surface area contributed by atoms with Gasteiger partial charge in [-0.25, -0.2) is 12.8 Å². The van der Waals surface area contributed by atoms with Crippen LogP contribution in [0.4, 0.5) is 4.39 Å². The van der Waals surface area contributed by atoms with Gasteiger partial charge in [-0.15, -0.1) is 24.0 Å². The predicted molar refractivity (Wildman–Crippen MR) is 134 cm³/mol. The molecule has 3 rings (SSSR count). The summed E-state index contributed by atoms with van der Waals surface area (Å²) >= 11 is 0. The van der Waals surface area contributed by atoms with Crippen LogP contribution in [0.5, 0.6) is 0 Å². The third kappa shape index (κ3) is 7.20. The SMILES string of the molecule is CCNC(=NCCCS(=O)(=O)c1ccccc1)NCCc1c[nH]c2ccc(F)cc12.I. The molecule has 0 radical (unpaired) electrons. The van der Waals surface area contributed by atoms with Crippen molar-refractivity contribution in [2.75, 3.05) is 25.4 Å². The number of halogens is 2. The van der Waals surface area contributed by atoms with Crippen molar-refractivity contribution in [3.05, 3.63) is 66.1 Å². The quantitative estimate of drug-likeness (QED) is 0.161. The van der Waals surface area contributed by atoms with Crippen molar-refractivity contribution in [2.45, 2.75) is 24.7 Å². The lowest BCUT2D eigenvalue weighted by atomic mass is 10.1. The van der Waals surface area contributed by atoms with Crippen molar-refractivity contribution in [3.63, 3.8) is 0 Å². The lowest BCUT2D eigenvalue weighted by Gasteiger charge is -2.11. The molecule has 6 nitrogen and oxygen atoms in total. The Hall–Kier alpha value is -2.14. The highest BCUT2D eigenvalue weighted by Crippen LogP contribution is 2.19. The second-order valence-corrected chi connectivity index (χ2v) is 9.04. The summed E-state index contributed by atoms with van der Waals surface area (Å²) in [7, 11) is -3.29. The minimum Gasteiger partial charge on any atom is -0.361 e. The van der Waals surface area contributed by atoms with Crippen molar-refractivity contribution >= 4 is 50.7 Å². The molecule has 3 N–H and O–H groups in total. The molecule has 168 valence electrons. The molecule has 0 bridgehead atoms. The first-order valence-corrected chi connectivity index (χ1v) is 11.7. The smallest absolute Gasteiger partial charge is 0.191 e. The van der Waals surface area contributed by atoms with Gasteiger partial charge < -0.3 is 15.6 Å². The molecular formula is C22H28FIN4O2S. The second kappa shape index (κ2) is 12.0. The molecule has 0 saturated carbocycles. The number of H-pyrrole nitrogens is 1. The molecule has 9 heteroatoms. The van der Waals surface area contributed by atoms with E-state index in [1.165, 1.54) is 12.1 Å². The number of hydrogen-bond donors (Lipinski definition) is 3. The zero-order chi connectivity index (χ0) is 21.4. The number of sulfone groups is 1. The number of nitrogens with one attached hydrogen (secondary N) is 3. The molecule has 0 saturated heterocycles. The van der Waals surface area contributed by atoms with Gasteiger partial charge in [0.05, 0.1) is 10.6 Å². The van der Waals surface area contributed by atoms with Gasteiger partial charge in [0.25, 0.3) is 0 Å². The van der Waals surface area contributed by atoms with E-state index in [9.17, 15) is 12.8 Å². The van der Waals surface area contributed by atoms with Gasteiger partial charge in [0.15, 0.2) is 15.8 Å². The van der Waals surface area contributed by atoms with E-state index in [1.807, 2.05) is 13.1 Å². The fourth-order valence-electron chi connectivity index (χ4n) is 3.21. The number of nitrogens with zero attached hydrogens (tertiary/aromatic N) is 1. The molecule has 3 aromatic rings. The van der Waals surface area contributed by atoms with Crippen LogP contribution in [-0.2, 0) is 16.3 Å². The fourth-order valence-corrected chi connectivity index (χ4v) is 4.52. The number of hydrogen-bond acceptors (Lipinski definition) is 3. The Balaban J connectivity index is 0.00000341. The Morgan fingerprint density at radius 2 is 1.90 bits per heavy atom. The number of aromatic amines is 1. The Morgan fingerprint density at radius 1 is 1.13 bits per heavy atom. The average Bonchev–Trinajstić information content (AvgIpc) is 3.14. The minimum absolute atomic E-state index is 0. The summed E-state index contributed by atoms with van der Waals surface area (Å²) in [6, 6.07) is 13.2. The molecule has 31 heavy (non-hydrogen) atoms. The van der Waals surface area contributed by atoms with Crippen LogP contribution in [0.3, 0.4) is 0 Å². The van der Waals surface area contributed by atoms with E-state index in [4.69, 9.17) is 0 Å². The summed E-state index contributed by atoms with van der Waals surface area (Å²) in [5, 5.41) is 7.29. The van der Waals surface area contributed by atoms with Crippen LogP contribution in [0.25, 0.3) is 10.9 Å². The molecule has 0 fully saturated rings.